The summed E-state index contributed by atoms with van der Waals surface area (Å²) in [5.41, 5.74) is 0.739. The van der Waals surface area contributed by atoms with Crippen LogP contribution >= 0.6 is 0 Å². The first-order valence-electron chi connectivity index (χ1n) is 8.99. The lowest BCUT2D eigenvalue weighted by atomic mass is 10.2. The second-order valence-corrected chi connectivity index (χ2v) is 8.58. The van der Waals surface area contributed by atoms with Gasteiger partial charge in [-0.1, -0.05) is 18.2 Å². The van der Waals surface area contributed by atoms with Crippen molar-refractivity contribution >= 4 is 21.6 Å². The number of nitro groups is 1. The fourth-order valence-corrected chi connectivity index (χ4v) is 4.49. The van der Waals surface area contributed by atoms with E-state index in [1.807, 2.05) is 25.1 Å². The Morgan fingerprint density at radius 1 is 1.10 bits per heavy atom. The SMILES string of the molecule is Cc1cccc(OCC(=O)N2CCN(S(=O)(=O)c3cccc([N+](=O)[O-])c3)CC2)c1. The molecule has 1 aliphatic rings. The number of hydrogen-bond acceptors (Lipinski definition) is 6. The van der Waals surface area contributed by atoms with Crippen LogP contribution in [0.2, 0.25) is 0 Å². The number of carbonyl (C=O) groups is 1. The van der Waals surface area contributed by atoms with Gasteiger partial charge in [-0.05, 0) is 30.7 Å². The molecule has 0 radical (unpaired) electrons. The Bertz CT molecular complexity index is 1020. The van der Waals surface area contributed by atoms with Gasteiger partial charge in [-0.25, -0.2) is 8.42 Å². The Kier molecular flexibility index (Phi) is 6.14. The molecule has 1 heterocycles. The lowest BCUT2D eigenvalue weighted by Gasteiger charge is -2.33. The van der Waals surface area contributed by atoms with Gasteiger partial charge >= 0.3 is 0 Å². The maximum atomic E-state index is 12.8. The summed E-state index contributed by atoms with van der Waals surface area (Å²) in [6.07, 6.45) is 0. The van der Waals surface area contributed by atoms with E-state index in [9.17, 15) is 23.3 Å². The predicted molar refractivity (Wildman–Crippen MR) is 105 cm³/mol. The van der Waals surface area contributed by atoms with Crippen LogP contribution in [0.5, 0.6) is 5.75 Å². The third kappa shape index (κ3) is 4.90. The van der Waals surface area contributed by atoms with Crippen molar-refractivity contribution in [3.05, 3.63) is 64.2 Å². The van der Waals surface area contributed by atoms with Crippen LogP contribution < -0.4 is 4.74 Å². The van der Waals surface area contributed by atoms with Gasteiger partial charge < -0.3 is 9.64 Å². The van der Waals surface area contributed by atoms with E-state index in [4.69, 9.17) is 4.74 Å². The highest BCUT2D eigenvalue weighted by Gasteiger charge is 2.31. The van der Waals surface area contributed by atoms with Gasteiger partial charge in [0.2, 0.25) is 10.0 Å². The van der Waals surface area contributed by atoms with Crippen molar-refractivity contribution in [2.45, 2.75) is 11.8 Å². The minimum Gasteiger partial charge on any atom is -0.484 e. The van der Waals surface area contributed by atoms with Crippen LogP contribution in [-0.4, -0.2) is 61.2 Å². The van der Waals surface area contributed by atoms with Gasteiger partial charge in [0.15, 0.2) is 6.61 Å². The number of nitro benzene ring substituents is 1. The number of hydrogen-bond donors (Lipinski definition) is 0. The molecule has 2 aromatic carbocycles. The van der Waals surface area contributed by atoms with E-state index < -0.39 is 14.9 Å². The van der Waals surface area contributed by atoms with Crippen LogP contribution in [0.1, 0.15) is 5.56 Å². The Morgan fingerprint density at radius 3 is 2.45 bits per heavy atom. The molecule has 0 saturated carbocycles. The molecule has 1 fully saturated rings. The van der Waals surface area contributed by atoms with Gasteiger partial charge in [0.25, 0.3) is 11.6 Å². The molecular weight excluding hydrogens is 398 g/mol. The first-order valence-corrected chi connectivity index (χ1v) is 10.4. The molecule has 0 unspecified atom stereocenters. The standard InChI is InChI=1S/C19H21N3O6S/c1-15-4-2-6-17(12-15)28-14-19(23)20-8-10-21(11-9-20)29(26,27)18-7-3-5-16(13-18)22(24)25/h2-7,12-13H,8-11,14H2,1H3. The zero-order valence-corrected chi connectivity index (χ0v) is 16.7. The summed E-state index contributed by atoms with van der Waals surface area (Å²) in [4.78, 5) is 24.0. The Hall–Kier alpha value is -2.98. The van der Waals surface area contributed by atoms with Gasteiger partial charge in [-0.3, -0.25) is 14.9 Å². The number of piperazine rings is 1. The predicted octanol–water partition coefficient (Wildman–Crippen LogP) is 1.82. The van der Waals surface area contributed by atoms with E-state index in [1.54, 1.807) is 11.0 Å². The van der Waals surface area contributed by atoms with E-state index in [1.165, 1.54) is 22.5 Å². The molecule has 2 aromatic rings. The number of ether oxygens (including phenoxy) is 1. The smallest absolute Gasteiger partial charge is 0.270 e. The first kappa shape index (κ1) is 20.7. The highest BCUT2D eigenvalue weighted by molar-refractivity contribution is 7.89. The maximum Gasteiger partial charge on any atom is 0.270 e. The molecule has 1 amide bonds. The molecule has 29 heavy (non-hydrogen) atoms. The summed E-state index contributed by atoms with van der Waals surface area (Å²) in [6.45, 7) is 2.48. The third-order valence-corrected chi connectivity index (χ3v) is 6.50. The highest BCUT2D eigenvalue weighted by atomic mass is 32.2. The highest BCUT2D eigenvalue weighted by Crippen LogP contribution is 2.22. The molecule has 0 aromatic heterocycles. The summed E-state index contributed by atoms with van der Waals surface area (Å²) in [5, 5.41) is 10.9. The molecule has 1 saturated heterocycles. The van der Waals surface area contributed by atoms with Crippen LogP contribution in [0.4, 0.5) is 5.69 Å². The second kappa shape index (κ2) is 8.58. The number of sulfonamides is 1. The molecule has 0 bridgehead atoms. The summed E-state index contributed by atoms with van der Waals surface area (Å²) < 4.78 is 32.3. The molecule has 9 nitrogen and oxygen atoms in total. The minimum atomic E-state index is -3.87. The van der Waals surface area contributed by atoms with Crippen LogP contribution in [0.25, 0.3) is 0 Å². The van der Waals surface area contributed by atoms with Gasteiger partial charge in [-0.15, -0.1) is 0 Å². The van der Waals surface area contributed by atoms with Crippen LogP contribution in [0.15, 0.2) is 53.4 Å². The van der Waals surface area contributed by atoms with Gasteiger partial charge in [0.05, 0.1) is 9.82 Å². The van der Waals surface area contributed by atoms with Crippen molar-refractivity contribution in [2.75, 3.05) is 32.8 Å². The summed E-state index contributed by atoms with van der Waals surface area (Å²) in [5.74, 6) is 0.379. The number of carbonyl (C=O) groups excluding carboxylic acids is 1. The zero-order chi connectivity index (χ0) is 21.0. The van der Waals surface area contributed by atoms with Crippen molar-refractivity contribution in [3.8, 4) is 5.75 Å². The molecule has 10 heteroatoms. The molecule has 1 aliphatic heterocycles. The van der Waals surface area contributed by atoms with E-state index in [-0.39, 0.29) is 49.3 Å². The maximum absolute atomic E-state index is 12.8. The molecule has 0 aliphatic carbocycles. The lowest BCUT2D eigenvalue weighted by Crippen LogP contribution is -2.51. The number of non-ortho nitro benzene ring substituents is 1. The number of rotatable bonds is 6. The van der Waals surface area contributed by atoms with E-state index in [0.29, 0.717) is 5.75 Å². The van der Waals surface area contributed by atoms with E-state index >= 15 is 0 Å². The largest absolute Gasteiger partial charge is 0.484 e. The Balaban J connectivity index is 1.58. The second-order valence-electron chi connectivity index (χ2n) is 6.64. The molecule has 154 valence electrons. The van der Waals surface area contributed by atoms with Crippen LogP contribution in [0.3, 0.4) is 0 Å². The number of nitrogens with zero attached hydrogens (tertiary/aromatic N) is 3. The van der Waals surface area contributed by atoms with Crippen molar-refractivity contribution in [2.24, 2.45) is 0 Å². The summed E-state index contributed by atoms with van der Waals surface area (Å²) >= 11 is 0. The van der Waals surface area contributed by atoms with Gasteiger partial charge in [0.1, 0.15) is 5.75 Å². The number of aryl methyl sites for hydroxylation is 1. The Morgan fingerprint density at radius 2 is 1.79 bits per heavy atom. The average Bonchev–Trinajstić information content (AvgIpc) is 2.72. The molecular formula is C19H21N3O6S. The van der Waals surface area contributed by atoms with Crippen molar-refractivity contribution in [3.63, 3.8) is 0 Å². The van der Waals surface area contributed by atoms with E-state index in [0.717, 1.165) is 11.6 Å². The van der Waals surface area contributed by atoms with Gasteiger partial charge in [0, 0.05) is 38.3 Å². The summed E-state index contributed by atoms with van der Waals surface area (Å²) in [7, 11) is -3.87. The molecule has 0 atom stereocenters. The Labute approximate surface area is 168 Å². The first-order chi connectivity index (χ1) is 13.8. The fourth-order valence-electron chi connectivity index (χ4n) is 3.03. The van der Waals surface area contributed by atoms with Crippen molar-refractivity contribution in [1.29, 1.82) is 0 Å². The molecule has 0 N–H and O–H groups in total. The van der Waals surface area contributed by atoms with Gasteiger partial charge in [-0.2, -0.15) is 4.31 Å². The molecule has 3 rings (SSSR count). The quantitative estimate of drug-likeness (QED) is 0.522. The van der Waals surface area contributed by atoms with Crippen molar-refractivity contribution in [1.82, 2.24) is 9.21 Å². The number of benzene rings is 2. The fraction of sp³-hybridized carbons (Fsp3) is 0.316. The third-order valence-electron chi connectivity index (χ3n) is 4.61. The zero-order valence-electron chi connectivity index (χ0n) is 15.9. The topological polar surface area (TPSA) is 110 Å². The normalized spacial score (nSPS) is 15.1. The minimum absolute atomic E-state index is 0.112. The van der Waals surface area contributed by atoms with Crippen LogP contribution in [-0.2, 0) is 14.8 Å². The summed E-state index contributed by atoms with van der Waals surface area (Å²) in [6, 6.07) is 12.3. The van der Waals surface area contributed by atoms with Crippen LogP contribution in [0, 0.1) is 17.0 Å². The lowest BCUT2D eigenvalue weighted by molar-refractivity contribution is -0.385. The van der Waals surface area contributed by atoms with Crippen molar-refractivity contribution < 1.29 is 22.9 Å². The average molecular weight is 419 g/mol. The number of amides is 1. The monoisotopic (exact) mass is 419 g/mol. The van der Waals surface area contributed by atoms with E-state index in [2.05, 4.69) is 0 Å². The molecule has 0 spiro atoms.